The van der Waals surface area contributed by atoms with Crippen LogP contribution in [0.25, 0.3) is 11.0 Å². The number of carbonyl (C=O) groups is 1. The van der Waals surface area contributed by atoms with E-state index < -0.39 is 29.7 Å². The number of amides is 1. The number of nitrogens with zero attached hydrogens (tertiary/aromatic N) is 2. The molecule has 2 atom stereocenters. The molecule has 0 radical (unpaired) electrons. The summed E-state index contributed by atoms with van der Waals surface area (Å²) in [7, 11) is 0. The zero-order chi connectivity index (χ0) is 26.2. The lowest BCUT2D eigenvalue weighted by atomic mass is 10.0. The molecular formula is C27H28F2N4O3S. The second-order valence-electron chi connectivity index (χ2n) is 8.70. The van der Waals surface area contributed by atoms with Crippen molar-refractivity contribution in [2.45, 2.75) is 38.5 Å². The lowest BCUT2D eigenvalue weighted by Gasteiger charge is -2.25. The van der Waals surface area contributed by atoms with Gasteiger partial charge in [0, 0.05) is 19.2 Å². The third-order valence-corrected chi connectivity index (χ3v) is 6.42. The van der Waals surface area contributed by atoms with E-state index in [0.29, 0.717) is 28.9 Å². The van der Waals surface area contributed by atoms with Gasteiger partial charge < -0.3 is 20.5 Å². The molecule has 1 aromatic heterocycles. The summed E-state index contributed by atoms with van der Waals surface area (Å²) in [6, 6.07) is 15.7. The van der Waals surface area contributed by atoms with Gasteiger partial charge in [-0.25, -0.2) is 8.78 Å². The number of carbonyl (C=O) groups excluding carboxylic acids is 1. The Kier molecular flexibility index (Phi) is 9.10. The third-order valence-electron chi connectivity index (χ3n) is 5.88. The maximum absolute atomic E-state index is 13.8. The lowest BCUT2D eigenvalue weighted by molar-refractivity contribution is -0.124. The fourth-order valence-corrected chi connectivity index (χ4v) is 4.56. The van der Waals surface area contributed by atoms with Crippen LogP contribution in [-0.4, -0.2) is 45.1 Å². The number of fused-ring (bicyclic) bond motifs is 1. The summed E-state index contributed by atoms with van der Waals surface area (Å²) >= 11 is 1.05. The van der Waals surface area contributed by atoms with Crippen LogP contribution < -0.4 is 15.4 Å². The van der Waals surface area contributed by atoms with Gasteiger partial charge in [0.25, 0.3) is 5.91 Å². The third kappa shape index (κ3) is 7.51. The molecule has 0 aliphatic carbocycles. The Labute approximate surface area is 217 Å². The molecule has 0 bridgehead atoms. The van der Waals surface area contributed by atoms with Crippen molar-refractivity contribution in [3.05, 3.63) is 89.0 Å². The first-order chi connectivity index (χ1) is 17.9. The molecule has 0 saturated heterocycles. The Morgan fingerprint density at radius 2 is 1.78 bits per heavy atom. The molecule has 1 amide bonds. The van der Waals surface area contributed by atoms with Crippen molar-refractivity contribution in [1.29, 1.82) is 0 Å². The van der Waals surface area contributed by atoms with Crippen LogP contribution in [0, 0.1) is 11.6 Å². The van der Waals surface area contributed by atoms with Crippen LogP contribution in [0.4, 0.5) is 8.78 Å². The quantitative estimate of drug-likeness (QED) is 0.260. The second-order valence-corrected chi connectivity index (χ2v) is 9.23. The number of rotatable bonds is 12. The van der Waals surface area contributed by atoms with Crippen molar-refractivity contribution in [3.63, 3.8) is 0 Å². The monoisotopic (exact) mass is 526 g/mol. The van der Waals surface area contributed by atoms with Crippen molar-refractivity contribution in [2.75, 3.05) is 13.2 Å². The Morgan fingerprint density at radius 3 is 2.57 bits per heavy atom. The second kappa shape index (κ2) is 12.7. The first-order valence-corrected chi connectivity index (χ1v) is 12.7. The number of aryl methyl sites for hydroxylation is 1. The molecule has 1 heterocycles. The molecule has 10 heteroatoms. The van der Waals surface area contributed by atoms with Gasteiger partial charge in [0.2, 0.25) is 0 Å². The van der Waals surface area contributed by atoms with Crippen LogP contribution in [0.1, 0.15) is 23.6 Å². The van der Waals surface area contributed by atoms with E-state index in [1.54, 1.807) is 18.2 Å². The normalized spacial score (nSPS) is 12.9. The summed E-state index contributed by atoms with van der Waals surface area (Å²) in [6.07, 6.45) is -0.0828. The minimum atomic E-state index is -1.03. The first kappa shape index (κ1) is 26.6. The molecule has 3 aromatic carbocycles. The smallest absolute Gasteiger partial charge is 0.258 e. The highest BCUT2D eigenvalue weighted by Crippen LogP contribution is 2.23. The molecular weight excluding hydrogens is 498 g/mol. The number of nitrogens with one attached hydrogen (secondary N) is 2. The van der Waals surface area contributed by atoms with Crippen LogP contribution in [0.15, 0.2) is 60.7 Å². The minimum absolute atomic E-state index is 0.0280. The van der Waals surface area contributed by atoms with Crippen molar-refractivity contribution in [2.24, 2.45) is 0 Å². The van der Waals surface area contributed by atoms with E-state index in [1.165, 1.54) is 17.7 Å². The van der Waals surface area contributed by atoms with E-state index in [1.807, 2.05) is 12.1 Å². The van der Waals surface area contributed by atoms with Gasteiger partial charge in [0.15, 0.2) is 6.61 Å². The number of aromatic nitrogens is 2. The van der Waals surface area contributed by atoms with Crippen molar-refractivity contribution < 1.29 is 23.4 Å². The topological polar surface area (TPSA) is 96.4 Å². The van der Waals surface area contributed by atoms with Gasteiger partial charge in [0.05, 0.1) is 23.9 Å². The molecule has 0 aliphatic rings. The Hall–Kier alpha value is -3.47. The summed E-state index contributed by atoms with van der Waals surface area (Å²) in [5, 5.41) is 16.9. The number of aliphatic hydroxyl groups excluding tert-OH is 1. The fourth-order valence-electron chi connectivity index (χ4n) is 4.02. The number of halogens is 2. The maximum atomic E-state index is 13.8. The molecule has 0 spiro atoms. The standard InChI is InChI=1S/C27H28F2N4O3S/c1-2-17-5-3-6-18(9-17)14-30-15-24(34)23(12-19-10-20(28)13-21(29)11-19)31-26(35)16-36-25-8-4-7-22-27(25)33-37-32-22/h3-11,13,23-24,30,34H,2,12,14-16H2,1H3,(H,31,35). The highest BCUT2D eigenvalue weighted by molar-refractivity contribution is 7.00. The summed E-state index contributed by atoms with van der Waals surface area (Å²) < 4.78 is 41.5. The van der Waals surface area contributed by atoms with Gasteiger partial charge in [-0.3, -0.25) is 4.79 Å². The summed E-state index contributed by atoms with van der Waals surface area (Å²) in [5.41, 5.74) is 3.82. The Morgan fingerprint density at radius 1 is 1.03 bits per heavy atom. The average Bonchev–Trinajstić information content (AvgIpc) is 3.36. The van der Waals surface area contributed by atoms with E-state index >= 15 is 0 Å². The molecule has 7 nitrogen and oxygen atoms in total. The van der Waals surface area contributed by atoms with Gasteiger partial charge in [-0.15, -0.1) is 0 Å². The maximum Gasteiger partial charge on any atom is 0.258 e. The first-order valence-electron chi connectivity index (χ1n) is 12.0. The van der Waals surface area contributed by atoms with Crippen LogP contribution in [-0.2, 0) is 24.2 Å². The molecule has 3 N–H and O–H groups in total. The fraction of sp³-hybridized carbons (Fsp3) is 0.296. The van der Waals surface area contributed by atoms with Crippen molar-refractivity contribution in [3.8, 4) is 5.75 Å². The molecule has 0 saturated carbocycles. The van der Waals surface area contributed by atoms with E-state index in [-0.39, 0.29) is 19.6 Å². The highest BCUT2D eigenvalue weighted by atomic mass is 32.1. The number of hydrogen-bond donors (Lipinski definition) is 3. The van der Waals surface area contributed by atoms with Crippen LogP contribution >= 0.6 is 11.7 Å². The molecule has 0 fully saturated rings. The van der Waals surface area contributed by atoms with E-state index in [2.05, 4.69) is 38.4 Å². The molecule has 194 valence electrons. The summed E-state index contributed by atoms with van der Waals surface area (Å²) in [6.45, 7) is 2.43. The number of benzene rings is 3. The van der Waals surface area contributed by atoms with Crippen LogP contribution in [0.3, 0.4) is 0 Å². The average molecular weight is 527 g/mol. The molecule has 4 rings (SSSR count). The van der Waals surface area contributed by atoms with Crippen LogP contribution in [0.2, 0.25) is 0 Å². The molecule has 2 unspecified atom stereocenters. The minimum Gasteiger partial charge on any atom is -0.481 e. The van der Waals surface area contributed by atoms with Gasteiger partial charge in [-0.1, -0.05) is 37.3 Å². The molecule has 37 heavy (non-hydrogen) atoms. The zero-order valence-corrected chi connectivity index (χ0v) is 21.1. The number of ether oxygens (including phenoxy) is 1. The highest BCUT2D eigenvalue weighted by Gasteiger charge is 2.23. The largest absolute Gasteiger partial charge is 0.481 e. The molecule has 4 aromatic rings. The summed E-state index contributed by atoms with van der Waals surface area (Å²) in [4.78, 5) is 12.7. The Balaban J connectivity index is 1.40. The van der Waals surface area contributed by atoms with Gasteiger partial charge >= 0.3 is 0 Å². The van der Waals surface area contributed by atoms with E-state index in [0.717, 1.165) is 29.8 Å². The predicted molar refractivity (Wildman–Crippen MR) is 138 cm³/mol. The number of hydrogen-bond acceptors (Lipinski definition) is 7. The summed E-state index contributed by atoms with van der Waals surface area (Å²) in [5.74, 6) is -1.52. The van der Waals surface area contributed by atoms with Gasteiger partial charge in [-0.05, 0) is 53.8 Å². The predicted octanol–water partition coefficient (Wildman–Crippen LogP) is 3.79. The Bertz CT molecular complexity index is 1330. The molecule has 0 aliphatic heterocycles. The number of aliphatic hydroxyl groups is 1. The van der Waals surface area contributed by atoms with Crippen molar-refractivity contribution in [1.82, 2.24) is 19.4 Å². The SMILES string of the molecule is CCc1cccc(CNCC(O)C(Cc2cc(F)cc(F)c2)NC(=O)COc2cccc3nsnc23)c1. The van der Waals surface area contributed by atoms with Crippen LogP contribution in [0.5, 0.6) is 5.75 Å². The van der Waals surface area contributed by atoms with Crippen molar-refractivity contribution >= 4 is 28.7 Å². The lowest BCUT2D eigenvalue weighted by Crippen LogP contribution is -2.49. The van der Waals surface area contributed by atoms with Gasteiger partial charge in [0.1, 0.15) is 28.4 Å². The van der Waals surface area contributed by atoms with Gasteiger partial charge in [-0.2, -0.15) is 8.75 Å². The zero-order valence-electron chi connectivity index (χ0n) is 20.3. The van der Waals surface area contributed by atoms with E-state index in [9.17, 15) is 18.7 Å². The van der Waals surface area contributed by atoms with E-state index in [4.69, 9.17) is 4.74 Å².